The number of rotatable bonds is 4. The van der Waals surface area contributed by atoms with Crippen LogP contribution >= 0.6 is 11.6 Å². The second kappa shape index (κ2) is 6.56. The summed E-state index contributed by atoms with van der Waals surface area (Å²) in [6.07, 6.45) is -0.488. The normalized spacial score (nSPS) is 19.9. The predicted octanol–water partition coefficient (Wildman–Crippen LogP) is 2.05. The third-order valence-electron chi connectivity index (χ3n) is 3.83. The van der Waals surface area contributed by atoms with Crippen LogP contribution in [0, 0.1) is 12.8 Å². The maximum atomic E-state index is 12.9. The lowest BCUT2D eigenvalue weighted by Crippen LogP contribution is -2.48. The lowest BCUT2D eigenvalue weighted by Gasteiger charge is -2.32. The number of aryl methyl sites for hydroxylation is 1. The molecule has 0 spiro atoms. The maximum absolute atomic E-state index is 12.9. The van der Waals surface area contributed by atoms with Crippen molar-refractivity contribution >= 4 is 27.5 Å². The Labute approximate surface area is 136 Å². The van der Waals surface area contributed by atoms with Gasteiger partial charge in [0, 0.05) is 13.1 Å². The van der Waals surface area contributed by atoms with Crippen LogP contribution in [0.4, 0.5) is 0 Å². The van der Waals surface area contributed by atoms with Crippen molar-refractivity contribution in [3.05, 3.63) is 29.8 Å². The van der Waals surface area contributed by atoms with E-state index in [1.54, 1.807) is 29.2 Å². The average Bonchev–Trinajstić information content (AvgIpc) is 2.92. The molecule has 1 aromatic carbocycles. The van der Waals surface area contributed by atoms with Crippen molar-refractivity contribution < 1.29 is 13.2 Å². The third kappa shape index (κ3) is 3.14. The molecule has 1 aromatic rings. The van der Waals surface area contributed by atoms with Gasteiger partial charge in [0.2, 0.25) is 15.9 Å². The van der Waals surface area contributed by atoms with Crippen molar-refractivity contribution in [1.82, 2.24) is 9.21 Å². The minimum absolute atomic E-state index is 0.0186. The van der Waals surface area contributed by atoms with E-state index in [1.165, 1.54) is 4.31 Å². The van der Waals surface area contributed by atoms with Gasteiger partial charge in [-0.2, -0.15) is 4.31 Å². The van der Waals surface area contributed by atoms with E-state index in [9.17, 15) is 13.2 Å². The molecule has 1 fully saturated rings. The summed E-state index contributed by atoms with van der Waals surface area (Å²) >= 11 is 5.64. The van der Waals surface area contributed by atoms with Crippen LogP contribution in [0.25, 0.3) is 0 Å². The molecule has 1 aliphatic rings. The number of hydrogen-bond donors (Lipinski definition) is 0. The number of carbonyl (C=O) groups excluding carboxylic acids is 1. The Morgan fingerprint density at radius 1 is 1.27 bits per heavy atom. The van der Waals surface area contributed by atoms with E-state index >= 15 is 0 Å². The number of alkyl halides is 1. The molecule has 0 saturated carbocycles. The summed E-state index contributed by atoms with van der Waals surface area (Å²) in [5.41, 5.74) is 1.000. The fourth-order valence-electron chi connectivity index (χ4n) is 2.78. The standard InChI is InChI=1S/C15H21ClN2O3S/c1-11(2)15-17(14(19)10-16)8-9-18(15)22(20,21)13-6-4-12(3)5-7-13/h4-7,11,15H,8-10H2,1-3H3/t15-/m1/s1. The van der Waals surface area contributed by atoms with Crippen LogP contribution < -0.4 is 0 Å². The Hall–Kier alpha value is -1.11. The van der Waals surface area contributed by atoms with E-state index in [0.717, 1.165) is 5.56 Å². The second-order valence-corrected chi connectivity index (χ2v) is 7.97. The van der Waals surface area contributed by atoms with Crippen molar-refractivity contribution in [2.45, 2.75) is 31.8 Å². The van der Waals surface area contributed by atoms with Gasteiger partial charge >= 0.3 is 0 Å². The minimum atomic E-state index is -3.63. The molecule has 7 heteroatoms. The highest BCUT2D eigenvalue weighted by molar-refractivity contribution is 7.89. The predicted molar refractivity (Wildman–Crippen MR) is 86.1 cm³/mol. The molecule has 1 aliphatic heterocycles. The van der Waals surface area contributed by atoms with E-state index in [4.69, 9.17) is 11.6 Å². The number of halogens is 1. The third-order valence-corrected chi connectivity index (χ3v) is 5.95. The Bertz CT molecular complexity index is 643. The van der Waals surface area contributed by atoms with Crippen molar-refractivity contribution in [3.8, 4) is 0 Å². The molecule has 1 saturated heterocycles. The first-order valence-electron chi connectivity index (χ1n) is 7.23. The first kappa shape index (κ1) is 17.2. The number of carbonyl (C=O) groups is 1. The van der Waals surface area contributed by atoms with Gasteiger partial charge in [0.05, 0.1) is 4.90 Å². The zero-order valence-electron chi connectivity index (χ0n) is 13.0. The van der Waals surface area contributed by atoms with Gasteiger partial charge in [-0.15, -0.1) is 11.6 Å². The van der Waals surface area contributed by atoms with Gasteiger partial charge in [-0.25, -0.2) is 8.42 Å². The summed E-state index contributed by atoms with van der Waals surface area (Å²) in [6.45, 7) is 6.38. The summed E-state index contributed by atoms with van der Waals surface area (Å²) in [5, 5.41) is 0. The molecule has 0 N–H and O–H groups in total. The largest absolute Gasteiger partial charge is 0.323 e. The van der Waals surface area contributed by atoms with Crippen LogP contribution in [-0.4, -0.2) is 48.7 Å². The van der Waals surface area contributed by atoms with E-state index in [-0.39, 0.29) is 22.6 Å². The average molecular weight is 345 g/mol. The lowest BCUT2D eigenvalue weighted by atomic mass is 10.1. The van der Waals surface area contributed by atoms with Gasteiger partial charge in [-0.1, -0.05) is 31.5 Å². The molecule has 2 rings (SSSR count). The zero-order chi connectivity index (χ0) is 16.5. The summed E-state index contributed by atoms with van der Waals surface area (Å²) < 4.78 is 27.2. The van der Waals surface area contributed by atoms with Crippen LogP contribution in [0.1, 0.15) is 19.4 Å². The first-order valence-corrected chi connectivity index (χ1v) is 9.20. The molecular formula is C15H21ClN2O3S. The number of nitrogens with zero attached hydrogens (tertiary/aromatic N) is 2. The number of sulfonamides is 1. The lowest BCUT2D eigenvalue weighted by molar-refractivity contribution is -0.131. The minimum Gasteiger partial charge on any atom is -0.323 e. The molecule has 0 radical (unpaired) electrons. The Morgan fingerprint density at radius 3 is 2.36 bits per heavy atom. The zero-order valence-corrected chi connectivity index (χ0v) is 14.6. The Balaban J connectivity index is 2.38. The Morgan fingerprint density at radius 2 is 1.86 bits per heavy atom. The highest BCUT2D eigenvalue weighted by Crippen LogP contribution is 2.28. The van der Waals surface area contributed by atoms with Crippen LogP contribution in [-0.2, 0) is 14.8 Å². The van der Waals surface area contributed by atoms with E-state index in [0.29, 0.717) is 13.1 Å². The van der Waals surface area contributed by atoms with E-state index < -0.39 is 16.2 Å². The quantitative estimate of drug-likeness (QED) is 0.785. The van der Waals surface area contributed by atoms with Gasteiger partial charge < -0.3 is 4.90 Å². The molecule has 122 valence electrons. The SMILES string of the molecule is Cc1ccc(S(=O)(=O)N2CCN(C(=O)CCl)[C@H]2C(C)C)cc1. The highest BCUT2D eigenvalue weighted by atomic mass is 35.5. The molecule has 1 heterocycles. The molecule has 1 amide bonds. The van der Waals surface area contributed by atoms with Crippen LogP contribution in [0.15, 0.2) is 29.2 Å². The van der Waals surface area contributed by atoms with Gasteiger partial charge in [0.1, 0.15) is 12.0 Å². The van der Waals surface area contributed by atoms with Gasteiger partial charge in [-0.3, -0.25) is 4.79 Å². The molecule has 5 nitrogen and oxygen atoms in total. The Kier molecular flexibility index (Phi) is 5.14. The van der Waals surface area contributed by atoms with Crippen molar-refractivity contribution in [3.63, 3.8) is 0 Å². The summed E-state index contributed by atoms with van der Waals surface area (Å²) in [5.74, 6) is -0.390. The fraction of sp³-hybridized carbons (Fsp3) is 0.533. The van der Waals surface area contributed by atoms with E-state index in [2.05, 4.69) is 0 Å². The summed E-state index contributed by atoms with van der Waals surface area (Å²) in [6, 6.07) is 6.76. The monoisotopic (exact) mass is 344 g/mol. The highest BCUT2D eigenvalue weighted by Gasteiger charge is 2.43. The maximum Gasteiger partial charge on any atom is 0.244 e. The van der Waals surface area contributed by atoms with Crippen LogP contribution in [0.2, 0.25) is 0 Å². The molecule has 22 heavy (non-hydrogen) atoms. The molecule has 0 aromatic heterocycles. The smallest absolute Gasteiger partial charge is 0.244 e. The molecule has 1 atom stereocenters. The van der Waals surface area contributed by atoms with Crippen LogP contribution in [0.5, 0.6) is 0 Å². The van der Waals surface area contributed by atoms with Gasteiger partial charge in [0.15, 0.2) is 0 Å². The molecular weight excluding hydrogens is 324 g/mol. The fourth-order valence-corrected chi connectivity index (χ4v) is 4.64. The van der Waals surface area contributed by atoms with Crippen molar-refractivity contribution in [2.24, 2.45) is 5.92 Å². The van der Waals surface area contributed by atoms with Crippen molar-refractivity contribution in [1.29, 1.82) is 0 Å². The summed E-state index contributed by atoms with van der Waals surface area (Å²) in [4.78, 5) is 13.8. The second-order valence-electron chi connectivity index (χ2n) is 5.81. The summed E-state index contributed by atoms with van der Waals surface area (Å²) in [7, 11) is -3.63. The van der Waals surface area contributed by atoms with E-state index in [1.807, 2.05) is 20.8 Å². The number of amides is 1. The molecule has 0 bridgehead atoms. The van der Waals surface area contributed by atoms with Gasteiger partial charge in [-0.05, 0) is 25.0 Å². The number of hydrogen-bond acceptors (Lipinski definition) is 3. The molecule has 0 unspecified atom stereocenters. The van der Waals surface area contributed by atoms with Gasteiger partial charge in [0.25, 0.3) is 0 Å². The van der Waals surface area contributed by atoms with Crippen LogP contribution in [0.3, 0.4) is 0 Å². The molecule has 0 aliphatic carbocycles. The van der Waals surface area contributed by atoms with Crippen molar-refractivity contribution in [2.75, 3.05) is 19.0 Å². The number of benzene rings is 1. The first-order chi connectivity index (χ1) is 10.3. The topological polar surface area (TPSA) is 57.7 Å².